The number of carbonyl (C=O) groups excluding carboxylic acids is 2. The normalized spacial score (nSPS) is 12.1. The Balaban J connectivity index is 1.85. The molecule has 0 saturated carbocycles. The highest BCUT2D eigenvalue weighted by molar-refractivity contribution is 9.10. The molecule has 10 nitrogen and oxygen atoms in total. The van der Waals surface area contributed by atoms with Crippen LogP contribution in [0, 0.1) is 0 Å². The van der Waals surface area contributed by atoms with Crippen LogP contribution < -0.4 is 23.8 Å². The number of rotatable bonds is 15. The Morgan fingerprint density at radius 1 is 0.840 bits per heavy atom. The molecule has 0 aliphatic rings. The minimum Gasteiger partial charge on any atom is -0.494 e. The van der Waals surface area contributed by atoms with Crippen LogP contribution in [-0.2, 0) is 32.6 Å². The van der Waals surface area contributed by atoms with E-state index in [-0.39, 0.29) is 35.2 Å². The summed E-state index contributed by atoms with van der Waals surface area (Å²) in [7, 11) is -1.51. The molecular weight excluding hydrogens is 722 g/mol. The molecule has 0 aromatic heterocycles. The third-order valence-electron chi connectivity index (χ3n) is 7.67. The summed E-state index contributed by atoms with van der Waals surface area (Å²) in [5, 5.41) is 3.04. The molecule has 0 aliphatic heterocycles. The molecule has 1 unspecified atom stereocenters. The molecule has 0 fully saturated rings. The van der Waals surface area contributed by atoms with Crippen LogP contribution in [0.2, 0.25) is 0 Å². The van der Waals surface area contributed by atoms with Crippen LogP contribution in [0.5, 0.6) is 17.2 Å². The van der Waals surface area contributed by atoms with Gasteiger partial charge in [-0.15, -0.1) is 0 Å². The van der Waals surface area contributed by atoms with Gasteiger partial charge in [0.1, 0.15) is 18.3 Å². The summed E-state index contributed by atoms with van der Waals surface area (Å²) in [4.78, 5) is 30.2. The minimum absolute atomic E-state index is 0.0425. The number of methoxy groups -OCH3 is 2. The van der Waals surface area contributed by atoms with E-state index in [1.54, 1.807) is 24.3 Å². The second-order valence-electron chi connectivity index (χ2n) is 12.6. The van der Waals surface area contributed by atoms with Gasteiger partial charge in [-0.1, -0.05) is 58.4 Å². The molecule has 0 aliphatic carbocycles. The lowest BCUT2D eigenvalue weighted by Gasteiger charge is -2.35. The van der Waals surface area contributed by atoms with Gasteiger partial charge in [-0.25, -0.2) is 8.42 Å². The van der Waals surface area contributed by atoms with Gasteiger partial charge in [0.2, 0.25) is 11.8 Å². The highest BCUT2D eigenvalue weighted by Crippen LogP contribution is 2.33. The zero-order chi connectivity index (χ0) is 36.5. The van der Waals surface area contributed by atoms with E-state index < -0.39 is 34.1 Å². The van der Waals surface area contributed by atoms with Gasteiger partial charge in [-0.2, -0.15) is 0 Å². The van der Waals surface area contributed by atoms with Crippen LogP contribution in [-0.4, -0.2) is 64.1 Å². The van der Waals surface area contributed by atoms with Crippen LogP contribution in [0.3, 0.4) is 0 Å². The second kappa shape index (κ2) is 16.9. The average molecular weight is 767 g/mol. The zero-order valence-corrected chi connectivity index (χ0v) is 31.6. The fourth-order valence-electron chi connectivity index (χ4n) is 5.35. The van der Waals surface area contributed by atoms with Crippen LogP contribution in [0.1, 0.15) is 38.8 Å². The number of hydrogen-bond donors (Lipinski definition) is 1. The van der Waals surface area contributed by atoms with Crippen molar-refractivity contribution >= 4 is 43.5 Å². The van der Waals surface area contributed by atoms with Crippen molar-refractivity contribution in [3.63, 3.8) is 0 Å². The van der Waals surface area contributed by atoms with Crippen LogP contribution in [0.15, 0.2) is 106 Å². The molecule has 0 spiro atoms. The summed E-state index contributed by atoms with van der Waals surface area (Å²) >= 11 is 3.51. The largest absolute Gasteiger partial charge is 0.494 e. The van der Waals surface area contributed by atoms with Gasteiger partial charge in [0.05, 0.1) is 31.4 Å². The molecule has 0 radical (unpaired) electrons. The SMILES string of the molecule is CCOc1ccc(N(CC(=O)N(Cc2cccc(Br)c2)C(Cc2ccccc2)C(=O)NC(C)(C)C)S(=O)(=O)c2ccc(OC)c(OC)c2)cc1. The van der Waals surface area contributed by atoms with Crippen LogP contribution in [0.25, 0.3) is 0 Å². The minimum atomic E-state index is -4.38. The number of carbonyl (C=O) groups is 2. The first-order valence-electron chi connectivity index (χ1n) is 16.1. The summed E-state index contributed by atoms with van der Waals surface area (Å²) in [5.74, 6) is 0.172. The number of benzene rings is 4. The molecule has 1 N–H and O–H groups in total. The molecule has 50 heavy (non-hydrogen) atoms. The van der Waals surface area contributed by atoms with Gasteiger partial charge in [0.15, 0.2) is 11.5 Å². The first-order chi connectivity index (χ1) is 23.7. The highest BCUT2D eigenvalue weighted by Gasteiger charge is 2.36. The topological polar surface area (TPSA) is 114 Å². The van der Waals surface area contributed by atoms with Gasteiger partial charge in [0, 0.05) is 29.0 Å². The number of sulfonamides is 1. The Hall–Kier alpha value is -4.55. The van der Waals surface area contributed by atoms with E-state index in [1.165, 1.54) is 37.3 Å². The van der Waals surface area contributed by atoms with Crippen molar-refractivity contribution in [3.05, 3.63) is 113 Å². The summed E-state index contributed by atoms with van der Waals surface area (Å²) < 4.78 is 47.2. The number of ether oxygens (including phenoxy) is 3. The van der Waals surface area contributed by atoms with E-state index in [9.17, 15) is 18.0 Å². The van der Waals surface area contributed by atoms with E-state index >= 15 is 0 Å². The summed E-state index contributed by atoms with van der Waals surface area (Å²) in [6.07, 6.45) is 0.202. The molecule has 1 atom stereocenters. The summed E-state index contributed by atoms with van der Waals surface area (Å²) in [5.41, 5.74) is 1.24. The predicted octanol–water partition coefficient (Wildman–Crippen LogP) is 6.62. The summed E-state index contributed by atoms with van der Waals surface area (Å²) in [6.45, 7) is 7.32. The van der Waals surface area contributed by atoms with Crippen LogP contribution >= 0.6 is 15.9 Å². The molecule has 0 heterocycles. The van der Waals surface area contributed by atoms with Crippen molar-refractivity contribution in [2.75, 3.05) is 31.7 Å². The number of amides is 2. The fraction of sp³-hybridized carbons (Fsp3) is 0.316. The maximum Gasteiger partial charge on any atom is 0.264 e. The Bertz CT molecular complexity index is 1860. The first kappa shape index (κ1) is 38.3. The van der Waals surface area contributed by atoms with Gasteiger partial charge in [-0.05, 0) is 87.4 Å². The third kappa shape index (κ3) is 10.0. The third-order valence-corrected chi connectivity index (χ3v) is 9.93. The zero-order valence-electron chi connectivity index (χ0n) is 29.2. The molecule has 4 rings (SSSR count). The molecule has 4 aromatic rings. The maximum atomic E-state index is 14.7. The van der Waals surface area contributed by atoms with Crippen molar-refractivity contribution in [3.8, 4) is 17.2 Å². The monoisotopic (exact) mass is 765 g/mol. The van der Waals surface area contributed by atoms with Crippen molar-refractivity contribution in [1.82, 2.24) is 10.2 Å². The number of anilines is 1. The number of halogens is 1. The van der Waals surface area contributed by atoms with E-state index in [2.05, 4.69) is 21.2 Å². The Morgan fingerprint density at radius 2 is 1.50 bits per heavy atom. The van der Waals surface area contributed by atoms with Gasteiger partial charge in [-0.3, -0.25) is 13.9 Å². The molecular formula is C38H44BrN3O7S. The second-order valence-corrected chi connectivity index (χ2v) is 15.3. The van der Waals surface area contributed by atoms with Gasteiger partial charge in [0.25, 0.3) is 10.0 Å². The van der Waals surface area contributed by atoms with Crippen molar-refractivity contribution in [2.45, 2.75) is 57.1 Å². The van der Waals surface area contributed by atoms with Crippen molar-refractivity contribution < 1.29 is 32.2 Å². The van der Waals surface area contributed by atoms with Crippen molar-refractivity contribution in [1.29, 1.82) is 0 Å². The van der Waals surface area contributed by atoms with Gasteiger partial charge >= 0.3 is 0 Å². The molecule has 266 valence electrons. The molecule has 2 amide bonds. The standard InChI is InChI=1S/C38H44BrN3O7S/c1-7-49-31-18-16-30(17-19-31)42(50(45,46)32-20-21-34(47-5)35(24-32)48-6)26-36(43)41(25-28-14-11-15-29(39)22-28)33(37(44)40-38(2,3)4)23-27-12-9-8-10-13-27/h8-22,24,33H,7,23,25-26H2,1-6H3,(H,40,44). The molecule has 0 bridgehead atoms. The van der Waals surface area contributed by atoms with E-state index in [0.717, 1.165) is 19.9 Å². The van der Waals surface area contributed by atoms with E-state index in [1.807, 2.05) is 82.3 Å². The number of nitrogens with zero attached hydrogens (tertiary/aromatic N) is 2. The van der Waals surface area contributed by atoms with Gasteiger partial charge < -0.3 is 24.4 Å². The molecule has 0 saturated heterocycles. The van der Waals surface area contributed by atoms with E-state index in [4.69, 9.17) is 14.2 Å². The van der Waals surface area contributed by atoms with E-state index in [0.29, 0.717) is 18.1 Å². The lowest BCUT2D eigenvalue weighted by atomic mass is 10.0. The molecule has 4 aromatic carbocycles. The molecule has 12 heteroatoms. The summed E-state index contributed by atoms with van der Waals surface area (Å²) in [6, 6.07) is 26.6. The number of nitrogens with one attached hydrogen (secondary N) is 1. The Morgan fingerprint density at radius 3 is 2.10 bits per heavy atom. The average Bonchev–Trinajstić information content (AvgIpc) is 3.08. The maximum absolute atomic E-state index is 14.7. The highest BCUT2D eigenvalue weighted by atomic mass is 79.9. The van der Waals surface area contributed by atoms with Crippen molar-refractivity contribution in [2.24, 2.45) is 0 Å². The Labute approximate surface area is 303 Å². The Kier molecular flexibility index (Phi) is 12.9. The fourth-order valence-corrected chi connectivity index (χ4v) is 7.22. The smallest absolute Gasteiger partial charge is 0.264 e. The quantitative estimate of drug-likeness (QED) is 0.145. The number of hydrogen-bond acceptors (Lipinski definition) is 7. The van der Waals surface area contributed by atoms with Crippen LogP contribution in [0.4, 0.5) is 5.69 Å². The lowest BCUT2D eigenvalue weighted by molar-refractivity contribution is -0.140. The lowest BCUT2D eigenvalue weighted by Crippen LogP contribution is -2.56. The first-order valence-corrected chi connectivity index (χ1v) is 18.4. The predicted molar refractivity (Wildman–Crippen MR) is 198 cm³/mol.